The van der Waals surface area contributed by atoms with E-state index in [4.69, 9.17) is 14.3 Å². The monoisotopic (exact) mass is 470 g/mol. The Morgan fingerprint density at radius 1 is 1.24 bits per heavy atom. The van der Waals surface area contributed by atoms with Crippen molar-refractivity contribution in [2.24, 2.45) is 16.0 Å². The molecular weight excluding hydrogens is 440 g/mol. The number of hydrazine groups is 1. The van der Waals surface area contributed by atoms with Gasteiger partial charge in [-0.2, -0.15) is 8.42 Å². The molecule has 1 saturated heterocycles. The number of fused-ring (bicyclic) bond motifs is 2. The lowest BCUT2D eigenvalue weighted by Gasteiger charge is -2.40. The first-order chi connectivity index (χ1) is 15.8. The van der Waals surface area contributed by atoms with Crippen molar-refractivity contribution in [2.45, 2.75) is 37.8 Å². The summed E-state index contributed by atoms with van der Waals surface area (Å²) in [7, 11) is 0.319. The van der Waals surface area contributed by atoms with Gasteiger partial charge in [0.15, 0.2) is 0 Å². The number of benzene rings is 1. The van der Waals surface area contributed by atoms with Crippen LogP contribution in [0.15, 0.2) is 53.4 Å². The highest BCUT2D eigenvalue weighted by atomic mass is 32.2. The number of amidine groups is 1. The normalized spacial score (nSPS) is 27.4. The molecule has 3 heterocycles. The zero-order chi connectivity index (χ0) is 23.2. The van der Waals surface area contributed by atoms with Gasteiger partial charge in [0.25, 0.3) is 0 Å². The number of aliphatic imine (C=N–C) groups is 1. The van der Waals surface area contributed by atoms with Crippen LogP contribution in [0.4, 0.5) is 0 Å². The molecule has 10 heteroatoms. The van der Waals surface area contributed by atoms with Crippen LogP contribution in [0, 0.1) is 5.92 Å². The van der Waals surface area contributed by atoms with Crippen molar-refractivity contribution >= 4 is 27.0 Å². The summed E-state index contributed by atoms with van der Waals surface area (Å²) >= 11 is 0. The summed E-state index contributed by atoms with van der Waals surface area (Å²) in [5, 5.41) is 10.6. The SMILES string of the molecule is CN1CCC(=NC2CCC(COS(N)(=O)=O)C2)N2C1=CC(c1ccc3cccnc3c1)N2C. The minimum Gasteiger partial charge on any atom is -0.360 e. The quantitative estimate of drug-likeness (QED) is 0.715. The van der Waals surface area contributed by atoms with Gasteiger partial charge in [-0.15, -0.1) is 0 Å². The highest BCUT2D eigenvalue weighted by Crippen LogP contribution is 2.38. The highest BCUT2D eigenvalue weighted by molar-refractivity contribution is 7.84. The molecule has 33 heavy (non-hydrogen) atoms. The maximum Gasteiger partial charge on any atom is 0.333 e. The second-order valence-electron chi connectivity index (χ2n) is 9.14. The van der Waals surface area contributed by atoms with Gasteiger partial charge in [-0.05, 0) is 49.0 Å². The maximum absolute atomic E-state index is 11.1. The van der Waals surface area contributed by atoms with E-state index in [-0.39, 0.29) is 24.6 Å². The molecule has 5 rings (SSSR count). The molecule has 0 radical (unpaired) electrons. The average molecular weight is 471 g/mol. The Labute approximate surface area is 194 Å². The molecule has 3 atom stereocenters. The lowest BCUT2D eigenvalue weighted by Crippen LogP contribution is -2.49. The second kappa shape index (κ2) is 8.68. The predicted molar refractivity (Wildman–Crippen MR) is 127 cm³/mol. The molecule has 3 aliphatic rings. The van der Waals surface area contributed by atoms with Crippen molar-refractivity contribution in [3.63, 3.8) is 0 Å². The number of nitrogens with two attached hydrogens (primary N) is 1. The van der Waals surface area contributed by atoms with Gasteiger partial charge in [0, 0.05) is 38.6 Å². The summed E-state index contributed by atoms with van der Waals surface area (Å²) in [6.07, 6.45) is 7.60. The van der Waals surface area contributed by atoms with Gasteiger partial charge in [-0.1, -0.05) is 18.2 Å². The van der Waals surface area contributed by atoms with E-state index in [0.29, 0.717) is 0 Å². The Morgan fingerprint density at radius 3 is 2.91 bits per heavy atom. The zero-order valence-electron chi connectivity index (χ0n) is 19.0. The number of nitrogens with zero attached hydrogens (tertiary/aromatic N) is 5. The molecular formula is C23H30N6O3S. The van der Waals surface area contributed by atoms with Crippen LogP contribution < -0.4 is 5.14 Å². The van der Waals surface area contributed by atoms with E-state index in [1.807, 2.05) is 12.3 Å². The van der Waals surface area contributed by atoms with Crippen molar-refractivity contribution in [2.75, 3.05) is 27.2 Å². The number of rotatable bonds is 5. The van der Waals surface area contributed by atoms with Gasteiger partial charge in [0.2, 0.25) is 0 Å². The number of hydrogen-bond donors (Lipinski definition) is 1. The van der Waals surface area contributed by atoms with E-state index in [1.165, 1.54) is 5.56 Å². The van der Waals surface area contributed by atoms with E-state index < -0.39 is 10.3 Å². The van der Waals surface area contributed by atoms with Gasteiger partial charge in [-0.3, -0.25) is 14.2 Å². The maximum atomic E-state index is 11.1. The molecule has 3 unspecified atom stereocenters. The lowest BCUT2D eigenvalue weighted by atomic mass is 10.0. The van der Waals surface area contributed by atoms with E-state index >= 15 is 0 Å². The van der Waals surface area contributed by atoms with Crippen LogP contribution in [-0.2, 0) is 14.5 Å². The molecule has 1 saturated carbocycles. The first-order valence-electron chi connectivity index (χ1n) is 11.3. The van der Waals surface area contributed by atoms with Crippen LogP contribution in [0.3, 0.4) is 0 Å². The number of likely N-dealkylation sites (N-methyl/N-ethyl adjacent to an activating group) is 1. The Bertz CT molecular complexity index is 1210. The third-order valence-electron chi connectivity index (χ3n) is 6.83. The number of aromatic nitrogens is 1. The Kier molecular flexibility index (Phi) is 5.86. The second-order valence-corrected chi connectivity index (χ2v) is 10.4. The van der Waals surface area contributed by atoms with Crippen molar-refractivity contribution in [1.29, 1.82) is 0 Å². The minimum atomic E-state index is -3.90. The van der Waals surface area contributed by atoms with Crippen molar-refractivity contribution in [1.82, 2.24) is 19.9 Å². The fourth-order valence-corrected chi connectivity index (χ4v) is 5.50. The first-order valence-corrected chi connectivity index (χ1v) is 12.8. The van der Waals surface area contributed by atoms with E-state index in [9.17, 15) is 8.42 Å². The summed E-state index contributed by atoms with van der Waals surface area (Å²) in [6, 6.07) is 10.8. The summed E-state index contributed by atoms with van der Waals surface area (Å²) in [5.41, 5.74) is 2.19. The largest absolute Gasteiger partial charge is 0.360 e. The molecule has 0 bridgehead atoms. The van der Waals surface area contributed by atoms with Gasteiger partial charge in [0.05, 0.1) is 24.2 Å². The minimum absolute atomic E-state index is 0.0941. The molecule has 2 aliphatic heterocycles. The van der Waals surface area contributed by atoms with Crippen molar-refractivity contribution in [3.05, 3.63) is 54.0 Å². The smallest absolute Gasteiger partial charge is 0.333 e. The van der Waals surface area contributed by atoms with Crippen LogP contribution >= 0.6 is 0 Å². The molecule has 0 spiro atoms. The molecule has 0 amide bonds. The Balaban J connectivity index is 1.35. The lowest BCUT2D eigenvalue weighted by molar-refractivity contribution is 0.0681. The van der Waals surface area contributed by atoms with E-state index in [0.717, 1.165) is 54.8 Å². The van der Waals surface area contributed by atoms with Gasteiger partial charge < -0.3 is 4.90 Å². The number of pyridine rings is 1. The Morgan fingerprint density at radius 2 is 2.09 bits per heavy atom. The standard InChI is InChI=1S/C23H30N6O3S/c1-27-11-9-22(26-19-8-5-16(12-19)15-32-33(24,30)31)29-23(27)14-21(28(29)2)18-7-6-17-4-3-10-25-20(17)13-18/h3-4,6-7,10,13-14,16,19,21H,5,8-9,11-12,15H2,1-2H3,(H2,24,30,31). The van der Waals surface area contributed by atoms with Gasteiger partial charge in [0.1, 0.15) is 11.7 Å². The topological polar surface area (TPSA) is 104 Å². The molecule has 2 N–H and O–H groups in total. The molecule has 1 aliphatic carbocycles. The third kappa shape index (κ3) is 4.61. The van der Waals surface area contributed by atoms with Gasteiger partial charge >= 0.3 is 10.3 Å². The Hall–Kier alpha value is -2.53. The van der Waals surface area contributed by atoms with Crippen LogP contribution in [-0.4, -0.2) is 67.4 Å². The summed E-state index contributed by atoms with van der Waals surface area (Å²) in [5.74, 6) is 2.36. The number of hydrogen-bond acceptors (Lipinski definition) is 7. The molecule has 1 aromatic heterocycles. The van der Waals surface area contributed by atoms with E-state index in [2.05, 4.69) is 64.3 Å². The fourth-order valence-electron chi connectivity index (χ4n) is 5.11. The molecule has 2 fully saturated rings. The van der Waals surface area contributed by atoms with Gasteiger partial charge in [-0.25, -0.2) is 15.2 Å². The summed E-state index contributed by atoms with van der Waals surface area (Å²) in [4.78, 5) is 11.9. The zero-order valence-corrected chi connectivity index (χ0v) is 19.8. The third-order valence-corrected chi connectivity index (χ3v) is 7.30. The highest BCUT2D eigenvalue weighted by Gasteiger charge is 2.38. The molecule has 176 valence electrons. The summed E-state index contributed by atoms with van der Waals surface area (Å²) < 4.78 is 27.0. The molecule has 1 aromatic carbocycles. The van der Waals surface area contributed by atoms with Crippen LogP contribution in [0.25, 0.3) is 10.9 Å². The van der Waals surface area contributed by atoms with Crippen LogP contribution in [0.1, 0.15) is 37.3 Å². The predicted octanol–water partition coefficient (Wildman–Crippen LogP) is 2.40. The van der Waals surface area contributed by atoms with Crippen LogP contribution in [0.5, 0.6) is 0 Å². The first kappa shape index (κ1) is 22.3. The van der Waals surface area contributed by atoms with Crippen LogP contribution in [0.2, 0.25) is 0 Å². The molecule has 9 nitrogen and oxygen atoms in total. The fraction of sp³-hybridized carbons (Fsp3) is 0.478. The molecule has 2 aromatic rings. The average Bonchev–Trinajstić information content (AvgIpc) is 3.38. The summed E-state index contributed by atoms with van der Waals surface area (Å²) in [6.45, 7) is 1.04. The van der Waals surface area contributed by atoms with Crippen molar-refractivity contribution in [3.8, 4) is 0 Å². The van der Waals surface area contributed by atoms with E-state index in [1.54, 1.807) is 0 Å². The van der Waals surface area contributed by atoms with Crippen molar-refractivity contribution < 1.29 is 12.6 Å².